The molecule has 32 heavy (non-hydrogen) atoms. The number of hydrogen-bond acceptors (Lipinski definition) is 8. The van der Waals surface area contributed by atoms with Crippen LogP contribution in [0, 0.1) is 16.2 Å². The highest BCUT2D eigenvalue weighted by atomic mass is 32.2. The lowest BCUT2D eigenvalue weighted by atomic mass is 9.90. The van der Waals surface area contributed by atoms with Gasteiger partial charge in [-0.1, -0.05) is 0 Å². The molecule has 2 heterocycles. The molecule has 2 rings (SSSR count). The number of rotatable bonds is 3. The molecule has 9 heteroatoms. The molecule has 0 aromatic heterocycles. The summed E-state index contributed by atoms with van der Waals surface area (Å²) in [7, 11) is 0. The number of piperidine rings is 1. The summed E-state index contributed by atoms with van der Waals surface area (Å²) in [5.41, 5.74) is -2.53. The first kappa shape index (κ1) is 26.5. The highest BCUT2D eigenvalue weighted by Crippen LogP contribution is 2.35. The van der Waals surface area contributed by atoms with Crippen LogP contribution in [0.4, 0.5) is 0 Å². The molecule has 4 atom stereocenters. The number of hydrogen-bond donors (Lipinski definition) is 0. The normalized spacial score (nSPS) is 26.8. The number of thioether (sulfide) groups is 1. The molecular weight excluding hydrogens is 434 g/mol. The van der Waals surface area contributed by atoms with Crippen LogP contribution in [-0.4, -0.2) is 71.1 Å². The maximum atomic E-state index is 13.4. The molecule has 8 nitrogen and oxygen atoms in total. The molecule has 2 aliphatic rings. The van der Waals surface area contributed by atoms with Gasteiger partial charge in [0.25, 0.3) is 5.91 Å². The number of fused-ring (bicyclic) bond motifs is 1. The fourth-order valence-corrected chi connectivity index (χ4v) is 4.25. The van der Waals surface area contributed by atoms with Crippen molar-refractivity contribution in [3.05, 3.63) is 0 Å². The molecule has 2 saturated heterocycles. The van der Waals surface area contributed by atoms with E-state index in [4.69, 9.17) is 14.2 Å². The Morgan fingerprint density at radius 1 is 0.781 bits per heavy atom. The van der Waals surface area contributed by atoms with Gasteiger partial charge < -0.3 is 19.1 Å². The van der Waals surface area contributed by atoms with Crippen LogP contribution >= 0.6 is 11.8 Å². The van der Waals surface area contributed by atoms with Crippen LogP contribution in [0.3, 0.4) is 0 Å². The van der Waals surface area contributed by atoms with Gasteiger partial charge in [0.15, 0.2) is 12.2 Å². The van der Waals surface area contributed by atoms with Gasteiger partial charge in [0, 0.05) is 18.1 Å². The first-order chi connectivity index (χ1) is 14.4. The summed E-state index contributed by atoms with van der Waals surface area (Å²) in [6.45, 7) is 15.7. The predicted octanol–water partition coefficient (Wildman–Crippen LogP) is 2.82. The highest BCUT2D eigenvalue weighted by molar-refractivity contribution is 7.99. The average Bonchev–Trinajstić information content (AvgIpc) is 2.64. The largest absolute Gasteiger partial charge is 0.456 e. The van der Waals surface area contributed by atoms with Crippen LogP contribution in [0.5, 0.6) is 0 Å². The molecule has 0 aromatic rings. The first-order valence-electron chi connectivity index (χ1n) is 11.0. The van der Waals surface area contributed by atoms with Crippen LogP contribution in [0.25, 0.3) is 0 Å². The molecule has 0 radical (unpaired) electrons. The smallest absolute Gasteiger partial charge is 0.312 e. The van der Waals surface area contributed by atoms with E-state index in [1.54, 1.807) is 79.0 Å². The fraction of sp³-hybridized carbons (Fsp3) is 0.826. The second-order valence-corrected chi connectivity index (χ2v) is 12.6. The van der Waals surface area contributed by atoms with Crippen LogP contribution in [0.1, 0.15) is 62.3 Å². The minimum Gasteiger partial charge on any atom is -0.456 e. The van der Waals surface area contributed by atoms with Crippen LogP contribution in [-0.2, 0) is 33.4 Å². The van der Waals surface area contributed by atoms with Crippen molar-refractivity contribution in [3.8, 4) is 0 Å². The monoisotopic (exact) mass is 471 g/mol. The third-order valence-corrected chi connectivity index (χ3v) is 6.30. The van der Waals surface area contributed by atoms with E-state index in [1.807, 2.05) is 0 Å². The maximum Gasteiger partial charge on any atom is 0.312 e. The Morgan fingerprint density at radius 3 is 1.69 bits per heavy atom. The van der Waals surface area contributed by atoms with E-state index in [9.17, 15) is 19.2 Å². The van der Waals surface area contributed by atoms with Crippen LogP contribution < -0.4 is 0 Å². The third kappa shape index (κ3) is 5.97. The molecule has 0 spiro atoms. The van der Waals surface area contributed by atoms with Crippen molar-refractivity contribution in [1.82, 2.24) is 4.90 Å². The van der Waals surface area contributed by atoms with E-state index < -0.39 is 64.4 Å². The van der Waals surface area contributed by atoms with Gasteiger partial charge in [0.2, 0.25) is 6.10 Å². The Labute approximate surface area is 195 Å². The zero-order chi connectivity index (χ0) is 24.6. The number of ether oxygens (including phenoxy) is 3. The molecule has 0 saturated carbocycles. The van der Waals surface area contributed by atoms with E-state index in [2.05, 4.69) is 0 Å². The van der Waals surface area contributed by atoms with Gasteiger partial charge in [0.1, 0.15) is 0 Å². The highest BCUT2D eigenvalue weighted by Gasteiger charge is 2.56. The van der Waals surface area contributed by atoms with E-state index in [0.29, 0.717) is 18.1 Å². The molecule has 0 aliphatic carbocycles. The van der Waals surface area contributed by atoms with Gasteiger partial charge >= 0.3 is 17.9 Å². The number of carbonyl (C=O) groups excluding carboxylic acids is 4. The minimum absolute atomic E-state index is 0.428. The van der Waals surface area contributed by atoms with Crippen molar-refractivity contribution < 1.29 is 33.4 Å². The summed E-state index contributed by atoms with van der Waals surface area (Å²) in [5, 5.41) is 0. The van der Waals surface area contributed by atoms with Gasteiger partial charge in [0.05, 0.1) is 22.3 Å². The maximum absolute atomic E-state index is 13.4. The zero-order valence-corrected chi connectivity index (χ0v) is 21.5. The molecule has 0 unspecified atom stereocenters. The Hall–Kier alpha value is -1.77. The summed E-state index contributed by atoms with van der Waals surface area (Å²) < 4.78 is 17.3. The second-order valence-electron chi connectivity index (χ2n) is 11.5. The van der Waals surface area contributed by atoms with E-state index in [0.717, 1.165) is 0 Å². The van der Waals surface area contributed by atoms with Gasteiger partial charge in [-0.25, -0.2) is 0 Å². The Bertz CT molecular complexity index is 760. The van der Waals surface area contributed by atoms with E-state index >= 15 is 0 Å². The lowest BCUT2D eigenvalue weighted by Gasteiger charge is -2.49. The standard InChI is InChI=1S/C23H37NO7S/c1-21(2,3)18(26)29-14-13-12-32-11-10-24(13)17(25)16(31-20(28)23(7,8)9)15(14)30-19(27)22(4,5)6/h13-16H,10-12H2,1-9H3/t13-,14-,15+,16-/m1/s1. The Kier molecular flexibility index (Phi) is 7.64. The summed E-state index contributed by atoms with van der Waals surface area (Å²) in [4.78, 5) is 53.4. The quantitative estimate of drug-likeness (QED) is 0.458. The minimum atomic E-state index is -1.38. The number of esters is 3. The first-order valence-corrected chi connectivity index (χ1v) is 12.1. The molecule has 0 aromatic carbocycles. The zero-order valence-electron chi connectivity index (χ0n) is 20.6. The summed E-state index contributed by atoms with van der Waals surface area (Å²) >= 11 is 1.63. The SMILES string of the molecule is CC(C)(C)C(=O)O[C@H]1[C@H](OC(=O)C(C)(C)C)[C@@H](OC(=O)C(C)(C)C)C(=O)N2CCSC[C@H]12. The van der Waals surface area contributed by atoms with Gasteiger partial charge in [-0.15, -0.1) is 0 Å². The lowest BCUT2D eigenvalue weighted by molar-refractivity contribution is -0.215. The molecular formula is C23H37NO7S. The number of nitrogens with zero attached hydrogens (tertiary/aromatic N) is 1. The Balaban J connectivity index is 2.52. The van der Waals surface area contributed by atoms with Gasteiger partial charge in [-0.3, -0.25) is 19.2 Å². The van der Waals surface area contributed by atoms with Crippen LogP contribution in [0.15, 0.2) is 0 Å². The van der Waals surface area contributed by atoms with Crippen LogP contribution in [0.2, 0.25) is 0 Å². The van der Waals surface area contributed by atoms with Crippen molar-refractivity contribution in [3.63, 3.8) is 0 Å². The van der Waals surface area contributed by atoms with E-state index in [1.165, 1.54) is 0 Å². The second kappa shape index (κ2) is 9.23. The fourth-order valence-electron chi connectivity index (χ4n) is 3.15. The number of amides is 1. The molecule has 0 N–H and O–H groups in total. The Morgan fingerprint density at radius 2 is 1.22 bits per heavy atom. The molecule has 0 bridgehead atoms. The molecule has 2 fully saturated rings. The number of carbonyl (C=O) groups is 4. The van der Waals surface area contributed by atoms with Crippen molar-refractivity contribution in [2.24, 2.45) is 16.2 Å². The van der Waals surface area contributed by atoms with Gasteiger partial charge in [-0.2, -0.15) is 11.8 Å². The molecule has 1 amide bonds. The van der Waals surface area contributed by atoms with Crippen molar-refractivity contribution in [2.75, 3.05) is 18.1 Å². The summed E-state index contributed by atoms with van der Waals surface area (Å²) in [6, 6.07) is -0.477. The topological polar surface area (TPSA) is 99.2 Å². The van der Waals surface area contributed by atoms with Crippen molar-refractivity contribution in [2.45, 2.75) is 86.7 Å². The average molecular weight is 472 g/mol. The van der Waals surface area contributed by atoms with Crippen molar-refractivity contribution in [1.29, 1.82) is 0 Å². The summed E-state index contributed by atoms with van der Waals surface area (Å²) in [6.07, 6.45) is -3.56. The molecule has 2 aliphatic heterocycles. The lowest BCUT2D eigenvalue weighted by Crippen LogP contribution is -2.69. The predicted molar refractivity (Wildman–Crippen MR) is 121 cm³/mol. The van der Waals surface area contributed by atoms with E-state index in [-0.39, 0.29) is 0 Å². The van der Waals surface area contributed by atoms with Gasteiger partial charge in [-0.05, 0) is 62.3 Å². The van der Waals surface area contributed by atoms with Crippen molar-refractivity contribution >= 4 is 35.6 Å². The summed E-state index contributed by atoms with van der Waals surface area (Å²) in [5.74, 6) is -0.835. The third-order valence-electron chi connectivity index (χ3n) is 5.25. The molecule has 182 valence electrons.